The summed E-state index contributed by atoms with van der Waals surface area (Å²) < 4.78 is 5.72. The maximum Gasteiger partial charge on any atom is 0.0951 e. The van der Waals surface area contributed by atoms with Gasteiger partial charge in [-0.2, -0.15) is 5.10 Å². The molecule has 2 heterocycles. The van der Waals surface area contributed by atoms with E-state index in [1.165, 1.54) is 12.8 Å². The molecule has 0 amide bonds. The minimum Gasteiger partial charge on any atom is -0.377 e. The van der Waals surface area contributed by atoms with Gasteiger partial charge in [0.1, 0.15) is 0 Å². The van der Waals surface area contributed by atoms with Gasteiger partial charge in [0.25, 0.3) is 0 Å². The molecule has 2 rings (SSSR count). The zero-order valence-electron chi connectivity index (χ0n) is 10.5. The normalized spacial score (nSPS) is 21.1. The first kappa shape index (κ1) is 12.9. The zero-order valence-corrected chi connectivity index (χ0v) is 11.3. The summed E-state index contributed by atoms with van der Waals surface area (Å²) in [7, 11) is 2.08. The van der Waals surface area contributed by atoms with Crippen molar-refractivity contribution in [3.63, 3.8) is 0 Å². The first-order chi connectivity index (χ1) is 8.16. The lowest BCUT2D eigenvalue weighted by molar-refractivity contribution is -0.00274. The summed E-state index contributed by atoms with van der Waals surface area (Å²) in [5.74, 6) is 0. The molecule has 96 valence electrons. The number of hydrogen-bond donors (Lipinski definition) is 1. The highest BCUT2D eigenvalue weighted by Crippen LogP contribution is 2.19. The fraction of sp³-hybridized carbons (Fsp3) is 0.750. The molecule has 1 atom stereocenters. The highest BCUT2D eigenvalue weighted by Gasteiger charge is 2.17. The predicted octanol–water partition coefficient (Wildman–Crippen LogP) is 2.37. The minimum absolute atomic E-state index is 0.368. The highest BCUT2D eigenvalue weighted by molar-refractivity contribution is 6.31. The second kappa shape index (κ2) is 5.85. The predicted molar refractivity (Wildman–Crippen MR) is 68.3 cm³/mol. The maximum atomic E-state index is 6.14. The second-order valence-electron chi connectivity index (χ2n) is 4.79. The van der Waals surface area contributed by atoms with Crippen LogP contribution in [0.5, 0.6) is 0 Å². The molecule has 1 fully saturated rings. The summed E-state index contributed by atoms with van der Waals surface area (Å²) in [6.45, 7) is 4.55. The fourth-order valence-electron chi connectivity index (χ4n) is 2.19. The number of aromatic nitrogens is 2. The SMILES string of the molecule is Cc1[nH]nc(CN(C)C[C@@H]2CCCCO2)c1Cl. The van der Waals surface area contributed by atoms with Gasteiger partial charge in [0.15, 0.2) is 0 Å². The molecule has 0 unspecified atom stereocenters. The Bertz CT molecular complexity index is 361. The Hall–Kier alpha value is -0.580. The molecule has 1 aromatic rings. The van der Waals surface area contributed by atoms with Crippen LogP contribution in [0.4, 0.5) is 0 Å². The van der Waals surface area contributed by atoms with Gasteiger partial charge < -0.3 is 4.74 Å². The molecule has 1 aliphatic rings. The molecule has 1 N–H and O–H groups in total. The van der Waals surface area contributed by atoms with E-state index in [2.05, 4.69) is 22.1 Å². The maximum absolute atomic E-state index is 6.14. The lowest BCUT2D eigenvalue weighted by Crippen LogP contribution is -2.33. The van der Waals surface area contributed by atoms with Gasteiger partial charge in [-0.25, -0.2) is 0 Å². The van der Waals surface area contributed by atoms with E-state index in [1.807, 2.05) is 6.92 Å². The van der Waals surface area contributed by atoms with E-state index >= 15 is 0 Å². The van der Waals surface area contributed by atoms with Crippen molar-refractivity contribution in [3.05, 3.63) is 16.4 Å². The molecule has 1 aromatic heterocycles. The first-order valence-corrected chi connectivity index (χ1v) is 6.54. The Morgan fingerprint density at radius 1 is 1.53 bits per heavy atom. The third-order valence-electron chi connectivity index (χ3n) is 3.15. The van der Waals surface area contributed by atoms with Crippen molar-refractivity contribution in [2.45, 2.75) is 38.8 Å². The van der Waals surface area contributed by atoms with Crippen LogP contribution >= 0.6 is 11.6 Å². The van der Waals surface area contributed by atoms with E-state index in [0.717, 1.165) is 42.5 Å². The monoisotopic (exact) mass is 257 g/mol. The molecule has 0 spiro atoms. The lowest BCUT2D eigenvalue weighted by atomic mass is 10.1. The molecule has 0 aromatic carbocycles. The van der Waals surface area contributed by atoms with Gasteiger partial charge in [-0.3, -0.25) is 10.00 Å². The number of aromatic amines is 1. The topological polar surface area (TPSA) is 41.2 Å². The average molecular weight is 258 g/mol. The molecule has 0 aliphatic carbocycles. The van der Waals surface area contributed by atoms with Crippen molar-refractivity contribution in [1.29, 1.82) is 0 Å². The highest BCUT2D eigenvalue weighted by atomic mass is 35.5. The van der Waals surface area contributed by atoms with Gasteiger partial charge in [-0.15, -0.1) is 0 Å². The molecular formula is C12H20ClN3O. The zero-order chi connectivity index (χ0) is 12.3. The number of H-pyrrole nitrogens is 1. The van der Waals surface area contributed by atoms with E-state index in [4.69, 9.17) is 16.3 Å². The number of halogens is 1. The van der Waals surface area contributed by atoms with Crippen LogP contribution in [0.1, 0.15) is 30.7 Å². The lowest BCUT2D eigenvalue weighted by Gasteiger charge is -2.27. The van der Waals surface area contributed by atoms with E-state index in [1.54, 1.807) is 0 Å². The standard InChI is InChI=1S/C12H20ClN3O/c1-9-12(13)11(15-14-9)8-16(2)7-10-5-3-4-6-17-10/h10H,3-8H2,1-2H3,(H,14,15)/t10-/m0/s1. The third kappa shape index (κ3) is 3.44. The Kier molecular flexibility index (Phi) is 4.42. The smallest absolute Gasteiger partial charge is 0.0951 e. The van der Waals surface area contributed by atoms with E-state index < -0.39 is 0 Å². The average Bonchev–Trinajstić information content (AvgIpc) is 2.62. The van der Waals surface area contributed by atoms with Crippen LogP contribution in [-0.4, -0.2) is 41.4 Å². The molecule has 0 radical (unpaired) electrons. The van der Waals surface area contributed by atoms with Crippen molar-refractivity contribution < 1.29 is 4.74 Å². The molecule has 0 bridgehead atoms. The van der Waals surface area contributed by atoms with Gasteiger partial charge in [0.05, 0.1) is 22.5 Å². The van der Waals surface area contributed by atoms with Crippen LogP contribution < -0.4 is 0 Å². The summed E-state index contributed by atoms with van der Waals surface area (Å²) in [4.78, 5) is 2.22. The quantitative estimate of drug-likeness (QED) is 0.900. The Morgan fingerprint density at radius 2 is 2.35 bits per heavy atom. The summed E-state index contributed by atoms with van der Waals surface area (Å²) in [6.07, 6.45) is 4.01. The third-order valence-corrected chi connectivity index (χ3v) is 3.65. The largest absolute Gasteiger partial charge is 0.377 e. The summed E-state index contributed by atoms with van der Waals surface area (Å²) in [5, 5.41) is 7.87. The Balaban J connectivity index is 1.84. The number of likely N-dealkylation sites (N-methyl/N-ethyl adjacent to an activating group) is 1. The Morgan fingerprint density at radius 3 is 2.94 bits per heavy atom. The number of nitrogens with zero attached hydrogens (tertiary/aromatic N) is 2. The van der Waals surface area contributed by atoms with Gasteiger partial charge >= 0.3 is 0 Å². The summed E-state index contributed by atoms with van der Waals surface area (Å²) >= 11 is 6.14. The number of ether oxygens (including phenoxy) is 1. The molecule has 0 saturated carbocycles. The first-order valence-electron chi connectivity index (χ1n) is 6.16. The number of aryl methyl sites for hydroxylation is 1. The van der Waals surface area contributed by atoms with Gasteiger partial charge in [-0.05, 0) is 33.2 Å². The molecule has 1 saturated heterocycles. The van der Waals surface area contributed by atoms with Crippen LogP contribution in [0.15, 0.2) is 0 Å². The molecule has 5 heteroatoms. The summed E-state index contributed by atoms with van der Waals surface area (Å²) in [6, 6.07) is 0. The van der Waals surface area contributed by atoms with Crippen LogP contribution in [0.3, 0.4) is 0 Å². The second-order valence-corrected chi connectivity index (χ2v) is 5.17. The molecular weight excluding hydrogens is 238 g/mol. The van der Waals surface area contributed by atoms with E-state index in [0.29, 0.717) is 6.10 Å². The van der Waals surface area contributed by atoms with Crippen LogP contribution in [-0.2, 0) is 11.3 Å². The minimum atomic E-state index is 0.368. The van der Waals surface area contributed by atoms with Gasteiger partial charge in [0, 0.05) is 19.7 Å². The van der Waals surface area contributed by atoms with Crippen molar-refractivity contribution in [2.75, 3.05) is 20.2 Å². The molecule has 4 nitrogen and oxygen atoms in total. The van der Waals surface area contributed by atoms with E-state index in [9.17, 15) is 0 Å². The number of nitrogens with one attached hydrogen (secondary N) is 1. The van der Waals surface area contributed by atoms with E-state index in [-0.39, 0.29) is 0 Å². The van der Waals surface area contributed by atoms with Gasteiger partial charge in [-0.1, -0.05) is 11.6 Å². The number of hydrogen-bond acceptors (Lipinski definition) is 3. The van der Waals surface area contributed by atoms with Crippen molar-refractivity contribution >= 4 is 11.6 Å². The number of rotatable bonds is 4. The van der Waals surface area contributed by atoms with Crippen molar-refractivity contribution in [3.8, 4) is 0 Å². The van der Waals surface area contributed by atoms with Gasteiger partial charge in [0.2, 0.25) is 0 Å². The van der Waals surface area contributed by atoms with Crippen LogP contribution in [0.25, 0.3) is 0 Å². The van der Waals surface area contributed by atoms with Crippen LogP contribution in [0, 0.1) is 6.92 Å². The molecule has 1 aliphatic heterocycles. The summed E-state index contributed by atoms with van der Waals surface area (Å²) in [5.41, 5.74) is 1.85. The van der Waals surface area contributed by atoms with Crippen LogP contribution in [0.2, 0.25) is 5.02 Å². The van der Waals surface area contributed by atoms with Crippen molar-refractivity contribution in [2.24, 2.45) is 0 Å². The Labute approximate surface area is 107 Å². The fourth-order valence-corrected chi connectivity index (χ4v) is 2.33. The molecule has 17 heavy (non-hydrogen) atoms. The van der Waals surface area contributed by atoms with Crippen molar-refractivity contribution in [1.82, 2.24) is 15.1 Å².